The smallest absolute Gasteiger partial charge is 0.240 e. The number of nitrogens with zero attached hydrogens (tertiary/aromatic N) is 1. The molecule has 1 aromatic rings. The summed E-state index contributed by atoms with van der Waals surface area (Å²) in [6.07, 6.45) is 0.654. The highest BCUT2D eigenvalue weighted by Crippen LogP contribution is 2.32. The first-order valence-corrected chi connectivity index (χ1v) is 5.37. The van der Waals surface area contributed by atoms with E-state index in [1.807, 2.05) is 0 Å². The molecule has 0 saturated carbocycles. The summed E-state index contributed by atoms with van der Waals surface area (Å²) in [5, 5.41) is 2.90. The minimum Gasteiger partial charge on any atom is -0.383 e. The second kappa shape index (κ2) is 4.67. The molecule has 92 valence electrons. The molecule has 1 amide bonds. The molecule has 0 saturated heterocycles. The number of nitrogens with two attached hydrogens (primary N) is 1. The van der Waals surface area contributed by atoms with Gasteiger partial charge in [0.1, 0.15) is 11.5 Å². The first kappa shape index (κ1) is 11.8. The predicted octanol–water partition coefficient (Wildman–Crippen LogP) is 1.07. The van der Waals surface area contributed by atoms with Gasteiger partial charge >= 0.3 is 0 Å². The molecule has 0 fully saturated rings. The van der Waals surface area contributed by atoms with E-state index in [1.165, 1.54) is 11.0 Å². The van der Waals surface area contributed by atoms with Gasteiger partial charge in [-0.1, -0.05) is 0 Å². The van der Waals surface area contributed by atoms with Crippen LogP contribution in [0.2, 0.25) is 0 Å². The van der Waals surface area contributed by atoms with E-state index < -0.39 is 11.6 Å². The van der Waals surface area contributed by atoms with Gasteiger partial charge in [0.25, 0.3) is 0 Å². The Hall–Kier alpha value is -1.69. The van der Waals surface area contributed by atoms with Crippen molar-refractivity contribution in [1.29, 1.82) is 0 Å². The van der Waals surface area contributed by atoms with Crippen molar-refractivity contribution in [2.24, 2.45) is 5.73 Å². The molecule has 3 N–H and O–H groups in total. The van der Waals surface area contributed by atoms with E-state index in [-0.39, 0.29) is 18.1 Å². The Bertz CT molecular complexity index is 451. The molecule has 1 aliphatic rings. The fourth-order valence-corrected chi connectivity index (χ4v) is 1.91. The van der Waals surface area contributed by atoms with Crippen LogP contribution in [0.15, 0.2) is 12.1 Å². The van der Waals surface area contributed by atoms with Gasteiger partial charge in [-0.25, -0.2) is 8.78 Å². The first-order chi connectivity index (χ1) is 8.13. The molecule has 0 atom stereocenters. The number of carbonyl (C=O) groups excluding carboxylic acids is 1. The molecule has 0 aliphatic carbocycles. The van der Waals surface area contributed by atoms with E-state index in [1.54, 1.807) is 0 Å². The van der Waals surface area contributed by atoms with Crippen molar-refractivity contribution in [2.75, 3.05) is 29.9 Å². The summed E-state index contributed by atoms with van der Waals surface area (Å²) in [6, 6.07) is 1.95. The summed E-state index contributed by atoms with van der Waals surface area (Å²) in [4.78, 5) is 12.9. The lowest BCUT2D eigenvalue weighted by Crippen LogP contribution is -2.37. The van der Waals surface area contributed by atoms with Crippen LogP contribution in [0.25, 0.3) is 0 Å². The third kappa shape index (κ3) is 2.21. The largest absolute Gasteiger partial charge is 0.383 e. The quantitative estimate of drug-likeness (QED) is 0.773. The molecule has 0 radical (unpaired) electrons. The van der Waals surface area contributed by atoms with Crippen LogP contribution in [-0.2, 0) is 4.79 Å². The molecule has 1 aliphatic heterocycles. The van der Waals surface area contributed by atoms with Gasteiger partial charge in [0.05, 0.1) is 12.2 Å². The highest BCUT2D eigenvalue weighted by Gasteiger charge is 2.24. The molecule has 2 rings (SSSR count). The Morgan fingerprint density at radius 1 is 1.47 bits per heavy atom. The minimum absolute atomic E-state index is 0.0827. The van der Waals surface area contributed by atoms with Gasteiger partial charge in [0, 0.05) is 19.2 Å². The lowest BCUT2D eigenvalue weighted by Gasteiger charge is -2.22. The van der Waals surface area contributed by atoms with E-state index in [0.29, 0.717) is 25.2 Å². The number of rotatable bonds is 1. The van der Waals surface area contributed by atoms with Crippen LogP contribution in [-0.4, -0.2) is 25.5 Å². The SMILES string of the molecule is NCC(=O)N1CCCNc2cc(F)cc(F)c21. The van der Waals surface area contributed by atoms with Gasteiger partial charge in [-0.2, -0.15) is 0 Å². The lowest BCUT2D eigenvalue weighted by atomic mass is 10.2. The normalized spacial score (nSPS) is 14.9. The molecule has 1 heterocycles. The molecule has 1 aromatic carbocycles. The van der Waals surface area contributed by atoms with Gasteiger partial charge in [-0.15, -0.1) is 0 Å². The number of nitrogens with one attached hydrogen (secondary N) is 1. The first-order valence-electron chi connectivity index (χ1n) is 5.37. The van der Waals surface area contributed by atoms with Gasteiger partial charge in [-0.05, 0) is 12.5 Å². The fraction of sp³-hybridized carbons (Fsp3) is 0.364. The summed E-state index contributed by atoms with van der Waals surface area (Å²) in [7, 11) is 0. The molecule has 6 heteroatoms. The molecule has 0 spiro atoms. The van der Waals surface area contributed by atoms with Gasteiger partial charge in [0.2, 0.25) is 5.91 Å². The van der Waals surface area contributed by atoms with Crippen molar-refractivity contribution in [3.63, 3.8) is 0 Å². The van der Waals surface area contributed by atoms with Crippen LogP contribution >= 0.6 is 0 Å². The van der Waals surface area contributed by atoms with Crippen molar-refractivity contribution >= 4 is 17.3 Å². The number of fused-ring (bicyclic) bond motifs is 1. The second-order valence-electron chi connectivity index (χ2n) is 3.81. The lowest BCUT2D eigenvalue weighted by molar-refractivity contribution is -0.117. The highest BCUT2D eigenvalue weighted by molar-refractivity contribution is 5.98. The third-order valence-corrected chi connectivity index (χ3v) is 2.65. The van der Waals surface area contributed by atoms with Crippen LogP contribution in [0.3, 0.4) is 0 Å². The molecule has 0 aromatic heterocycles. The molecule has 0 unspecified atom stereocenters. The zero-order chi connectivity index (χ0) is 12.4. The van der Waals surface area contributed by atoms with Crippen molar-refractivity contribution in [1.82, 2.24) is 0 Å². The highest BCUT2D eigenvalue weighted by atomic mass is 19.1. The number of amides is 1. The minimum atomic E-state index is -0.754. The van der Waals surface area contributed by atoms with E-state index in [2.05, 4.69) is 5.32 Å². The van der Waals surface area contributed by atoms with Crippen LogP contribution in [0, 0.1) is 11.6 Å². The number of halogens is 2. The van der Waals surface area contributed by atoms with Crippen molar-refractivity contribution in [3.8, 4) is 0 Å². The maximum absolute atomic E-state index is 13.7. The fourth-order valence-electron chi connectivity index (χ4n) is 1.91. The number of anilines is 2. The Balaban J connectivity index is 2.51. The van der Waals surface area contributed by atoms with E-state index in [0.717, 1.165) is 6.07 Å². The Labute approximate surface area is 97.4 Å². The molecule has 4 nitrogen and oxygen atoms in total. The molecular weight excluding hydrogens is 228 g/mol. The Kier molecular flexibility index (Phi) is 3.23. The van der Waals surface area contributed by atoms with Gasteiger partial charge < -0.3 is 16.0 Å². The molecule has 17 heavy (non-hydrogen) atoms. The van der Waals surface area contributed by atoms with E-state index in [4.69, 9.17) is 5.73 Å². The number of carbonyl (C=O) groups is 1. The van der Waals surface area contributed by atoms with Gasteiger partial charge in [0.15, 0.2) is 5.82 Å². The maximum atomic E-state index is 13.7. The van der Waals surface area contributed by atoms with E-state index in [9.17, 15) is 13.6 Å². The number of hydrogen-bond donors (Lipinski definition) is 2. The zero-order valence-corrected chi connectivity index (χ0v) is 9.17. The monoisotopic (exact) mass is 241 g/mol. The zero-order valence-electron chi connectivity index (χ0n) is 9.17. The van der Waals surface area contributed by atoms with Crippen LogP contribution in [0.5, 0.6) is 0 Å². The summed E-state index contributed by atoms with van der Waals surface area (Å²) in [5.41, 5.74) is 5.66. The van der Waals surface area contributed by atoms with Crippen molar-refractivity contribution in [2.45, 2.75) is 6.42 Å². The van der Waals surface area contributed by atoms with Crippen LogP contribution in [0.4, 0.5) is 20.2 Å². The standard InChI is InChI=1S/C11H13F2N3O/c12-7-4-8(13)11-9(5-7)15-2-1-3-16(11)10(17)6-14/h4-5,15H,1-3,6,14H2. The molecule has 0 bridgehead atoms. The summed E-state index contributed by atoms with van der Waals surface area (Å²) >= 11 is 0. The van der Waals surface area contributed by atoms with Gasteiger partial charge in [-0.3, -0.25) is 4.79 Å². The average molecular weight is 241 g/mol. The topological polar surface area (TPSA) is 58.4 Å². The number of benzene rings is 1. The summed E-state index contributed by atoms with van der Waals surface area (Å²) in [5.74, 6) is -1.80. The average Bonchev–Trinajstić information content (AvgIpc) is 2.50. The predicted molar refractivity (Wildman–Crippen MR) is 60.9 cm³/mol. The maximum Gasteiger partial charge on any atom is 0.240 e. The van der Waals surface area contributed by atoms with E-state index >= 15 is 0 Å². The summed E-state index contributed by atoms with van der Waals surface area (Å²) < 4.78 is 26.8. The Morgan fingerprint density at radius 2 is 2.24 bits per heavy atom. The van der Waals surface area contributed by atoms with Crippen molar-refractivity contribution < 1.29 is 13.6 Å². The van der Waals surface area contributed by atoms with Crippen LogP contribution < -0.4 is 16.0 Å². The van der Waals surface area contributed by atoms with Crippen LogP contribution in [0.1, 0.15) is 6.42 Å². The second-order valence-corrected chi connectivity index (χ2v) is 3.81. The molecular formula is C11H13F2N3O. The Morgan fingerprint density at radius 3 is 2.94 bits per heavy atom. The number of hydrogen-bond acceptors (Lipinski definition) is 3. The van der Waals surface area contributed by atoms with Crippen molar-refractivity contribution in [3.05, 3.63) is 23.8 Å². The third-order valence-electron chi connectivity index (χ3n) is 2.65. The summed E-state index contributed by atoms with van der Waals surface area (Å²) in [6.45, 7) is 0.735.